The summed E-state index contributed by atoms with van der Waals surface area (Å²) >= 11 is 0. The van der Waals surface area contributed by atoms with Gasteiger partial charge >= 0.3 is 6.01 Å². The number of aromatic nitrogens is 3. The van der Waals surface area contributed by atoms with E-state index in [4.69, 9.17) is 9.72 Å². The maximum Gasteiger partial charge on any atom is 0.316 e. The van der Waals surface area contributed by atoms with Crippen molar-refractivity contribution in [3.8, 4) is 17.1 Å². The average molecular weight is 410 g/mol. The predicted molar refractivity (Wildman–Crippen MR) is 119 cm³/mol. The second-order valence-electron chi connectivity index (χ2n) is 7.49. The van der Waals surface area contributed by atoms with Crippen LogP contribution in [0.25, 0.3) is 22.0 Å². The van der Waals surface area contributed by atoms with Gasteiger partial charge in [-0.1, -0.05) is 36.4 Å². The molecule has 0 aliphatic carbocycles. The number of carbonyl (C=O) groups is 1. The molecular weight excluding hydrogens is 388 g/mol. The van der Waals surface area contributed by atoms with Crippen LogP contribution in [0.2, 0.25) is 0 Å². The highest BCUT2D eigenvalue weighted by molar-refractivity contribution is 6.00. The lowest BCUT2D eigenvalue weighted by Gasteiger charge is -2.15. The van der Waals surface area contributed by atoms with Crippen molar-refractivity contribution in [2.24, 2.45) is 0 Å². The molecule has 0 fully saturated rings. The van der Waals surface area contributed by atoms with Crippen molar-refractivity contribution in [3.63, 3.8) is 0 Å². The van der Waals surface area contributed by atoms with Gasteiger partial charge in [0.15, 0.2) is 0 Å². The lowest BCUT2D eigenvalue weighted by molar-refractivity contribution is 0.0780. The topological polar surface area (TPSA) is 68.2 Å². The van der Waals surface area contributed by atoms with E-state index in [2.05, 4.69) is 22.1 Å². The molecule has 0 bridgehead atoms. The molecule has 0 spiro atoms. The van der Waals surface area contributed by atoms with Gasteiger partial charge in [0, 0.05) is 54.1 Å². The summed E-state index contributed by atoms with van der Waals surface area (Å²) in [4.78, 5) is 28.2. The van der Waals surface area contributed by atoms with E-state index >= 15 is 0 Å². The summed E-state index contributed by atoms with van der Waals surface area (Å²) in [5, 5.41) is 1.12. The van der Waals surface area contributed by atoms with Gasteiger partial charge in [-0.25, -0.2) is 9.97 Å². The Morgan fingerprint density at radius 2 is 1.77 bits per heavy atom. The zero-order valence-electron chi connectivity index (χ0n) is 17.3. The molecule has 0 saturated heterocycles. The Kier molecular flexibility index (Phi) is 5.04. The van der Waals surface area contributed by atoms with Gasteiger partial charge in [0.25, 0.3) is 5.91 Å². The van der Waals surface area contributed by atoms with E-state index in [1.807, 2.05) is 54.3 Å². The molecule has 0 N–H and O–H groups in total. The van der Waals surface area contributed by atoms with E-state index in [-0.39, 0.29) is 5.91 Å². The normalized spacial score (nSPS) is 12.9. The number of rotatable bonds is 6. The molecule has 0 saturated carbocycles. The number of fused-ring (bicyclic) bond motifs is 2. The van der Waals surface area contributed by atoms with E-state index < -0.39 is 0 Å². The van der Waals surface area contributed by atoms with Gasteiger partial charge in [-0.15, -0.1) is 0 Å². The molecule has 2 aromatic heterocycles. The van der Waals surface area contributed by atoms with Crippen LogP contribution in [0.5, 0.6) is 6.01 Å². The highest BCUT2D eigenvalue weighted by Crippen LogP contribution is 2.32. The van der Waals surface area contributed by atoms with Crippen LogP contribution in [0.3, 0.4) is 0 Å². The van der Waals surface area contributed by atoms with Gasteiger partial charge < -0.3 is 9.64 Å². The summed E-state index contributed by atoms with van der Waals surface area (Å²) in [5.41, 5.74) is 5.60. The Morgan fingerprint density at radius 3 is 2.61 bits per heavy atom. The van der Waals surface area contributed by atoms with Gasteiger partial charge in [0.2, 0.25) is 0 Å². The quantitative estimate of drug-likeness (QED) is 0.474. The predicted octanol–water partition coefficient (Wildman–Crippen LogP) is 4.29. The second kappa shape index (κ2) is 8.14. The molecule has 0 radical (unpaired) electrons. The number of pyridine rings is 1. The van der Waals surface area contributed by atoms with E-state index in [1.165, 1.54) is 0 Å². The number of ether oxygens (including phenoxy) is 1. The molecule has 31 heavy (non-hydrogen) atoms. The Labute approximate surface area is 180 Å². The van der Waals surface area contributed by atoms with E-state index in [0.29, 0.717) is 32.1 Å². The summed E-state index contributed by atoms with van der Waals surface area (Å²) in [6.07, 6.45) is 4.21. The van der Waals surface area contributed by atoms with E-state index in [1.54, 1.807) is 12.4 Å². The zero-order valence-corrected chi connectivity index (χ0v) is 17.3. The van der Waals surface area contributed by atoms with Crippen molar-refractivity contribution in [1.29, 1.82) is 0 Å². The number of para-hydroxylation sites is 1. The third kappa shape index (κ3) is 3.72. The number of hydrogen-bond acceptors (Lipinski definition) is 5. The van der Waals surface area contributed by atoms with Crippen molar-refractivity contribution in [2.75, 3.05) is 13.2 Å². The molecule has 6 heteroatoms. The first-order chi connectivity index (χ1) is 15.2. The summed E-state index contributed by atoms with van der Waals surface area (Å²) in [6.45, 7) is 3.62. The third-order valence-electron chi connectivity index (χ3n) is 5.55. The van der Waals surface area contributed by atoms with Crippen molar-refractivity contribution in [3.05, 3.63) is 83.8 Å². The van der Waals surface area contributed by atoms with Crippen molar-refractivity contribution in [1.82, 2.24) is 19.9 Å². The Hall–Kier alpha value is -3.80. The van der Waals surface area contributed by atoms with E-state index in [0.717, 1.165) is 38.9 Å². The molecule has 1 aliphatic rings. The van der Waals surface area contributed by atoms with Crippen molar-refractivity contribution in [2.45, 2.75) is 19.9 Å². The maximum absolute atomic E-state index is 13.0. The summed E-state index contributed by atoms with van der Waals surface area (Å²) in [6, 6.07) is 18.4. The first-order valence-corrected chi connectivity index (χ1v) is 10.4. The zero-order chi connectivity index (χ0) is 21.2. The molecular formula is C25H22N4O2. The first kappa shape index (κ1) is 19.2. The summed E-state index contributed by atoms with van der Waals surface area (Å²) < 4.78 is 5.33. The van der Waals surface area contributed by atoms with Crippen LogP contribution in [0.15, 0.2) is 67.0 Å². The van der Waals surface area contributed by atoms with Crippen LogP contribution < -0.4 is 4.74 Å². The Bertz CT molecular complexity index is 1250. The molecule has 1 amide bonds. The van der Waals surface area contributed by atoms with Crippen molar-refractivity contribution < 1.29 is 9.53 Å². The number of nitrogens with zero attached hydrogens (tertiary/aromatic N) is 4. The maximum atomic E-state index is 13.0. The fraction of sp³-hybridized carbons (Fsp3) is 0.200. The molecule has 0 unspecified atom stereocenters. The minimum Gasteiger partial charge on any atom is -0.464 e. The number of amides is 1. The monoisotopic (exact) mass is 410 g/mol. The highest BCUT2D eigenvalue weighted by Gasteiger charge is 2.29. The van der Waals surface area contributed by atoms with Gasteiger partial charge in [-0.2, -0.15) is 0 Å². The Morgan fingerprint density at radius 1 is 0.968 bits per heavy atom. The molecule has 5 rings (SSSR count). The molecule has 154 valence electrons. The molecule has 2 aromatic carbocycles. The van der Waals surface area contributed by atoms with Crippen molar-refractivity contribution >= 4 is 16.8 Å². The molecule has 3 heterocycles. The minimum atomic E-state index is 0.0597. The fourth-order valence-corrected chi connectivity index (χ4v) is 4.00. The van der Waals surface area contributed by atoms with Gasteiger partial charge in [-0.05, 0) is 36.2 Å². The van der Waals surface area contributed by atoms with Gasteiger partial charge in [0.1, 0.15) is 0 Å². The Balaban J connectivity index is 1.35. The SMILES string of the molecule is CCOc1ncc(-c2cccc3c2CN(CCc2ccc4ccccc4n2)C3=O)cn1. The summed E-state index contributed by atoms with van der Waals surface area (Å²) in [5.74, 6) is 0.0597. The van der Waals surface area contributed by atoms with E-state index in [9.17, 15) is 4.79 Å². The number of carbonyl (C=O) groups excluding carboxylic acids is 1. The van der Waals surface area contributed by atoms with Crippen LogP contribution in [0, 0.1) is 0 Å². The van der Waals surface area contributed by atoms with Gasteiger partial charge in [-0.3, -0.25) is 9.78 Å². The third-order valence-corrected chi connectivity index (χ3v) is 5.55. The lowest BCUT2D eigenvalue weighted by atomic mass is 9.99. The van der Waals surface area contributed by atoms with Crippen LogP contribution in [-0.4, -0.2) is 38.9 Å². The standard InChI is InChI=1S/C25H22N4O2/c1-2-31-25-26-14-18(15-27-25)20-7-5-8-21-22(20)16-29(24(21)30)13-12-19-11-10-17-6-3-4-9-23(17)28-19/h3-11,14-15H,2,12-13,16H2,1H3. The highest BCUT2D eigenvalue weighted by atomic mass is 16.5. The van der Waals surface area contributed by atoms with Crippen LogP contribution >= 0.6 is 0 Å². The second-order valence-corrected chi connectivity index (χ2v) is 7.49. The molecule has 4 aromatic rings. The van der Waals surface area contributed by atoms with Crippen LogP contribution in [-0.2, 0) is 13.0 Å². The fourth-order valence-electron chi connectivity index (χ4n) is 4.00. The minimum absolute atomic E-state index is 0.0597. The molecule has 0 atom stereocenters. The van der Waals surface area contributed by atoms with Gasteiger partial charge in [0.05, 0.1) is 12.1 Å². The lowest BCUT2D eigenvalue weighted by Crippen LogP contribution is -2.26. The smallest absolute Gasteiger partial charge is 0.316 e. The largest absolute Gasteiger partial charge is 0.464 e. The summed E-state index contributed by atoms with van der Waals surface area (Å²) in [7, 11) is 0. The molecule has 6 nitrogen and oxygen atoms in total. The van der Waals surface area contributed by atoms with Crippen LogP contribution in [0.4, 0.5) is 0 Å². The first-order valence-electron chi connectivity index (χ1n) is 10.4. The average Bonchev–Trinajstić information content (AvgIpc) is 3.14. The number of hydrogen-bond donors (Lipinski definition) is 0. The molecule has 1 aliphatic heterocycles. The van der Waals surface area contributed by atoms with Crippen LogP contribution in [0.1, 0.15) is 28.5 Å². The number of benzene rings is 2.